The van der Waals surface area contributed by atoms with Gasteiger partial charge in [-0.3, -0.25) is 4.79 Å². The number of halogens is 1. The molecule has 24 heavy (non-hydrogen) atoms. The Morgan fingerprint density at radius 2 is 1.75 bits per heavy atom. The van der Waals surface area contributed by atoms with Gasteiger partial charge >= 0.3 is 0 Å². The van der Waals surface area contributed by atoms with E-state index in [0.29, 0.717) is 17.1 Å². The average Bonchev–Trinajstić information content (AvgIpc) is 2.48. The predicted octanol–water partition coefficient (Wildman–Crippen LogP) is 4.31. The summed E-state index contributed by atoms with van der Waals surface area (Å²) in [5.41, 5.74) is 9.34. The van der Waals surface area contributed by atoms with Crippen LogP contribution in [0.2, 0.25) is 0 Å². The molecular weight excluding hydrogens is 324 g/mol. The fourth-order valence-corrected chi connectivity index (χ4v) is 2.16. The number of aryl methyl sites for hydroxylation is 1. The van der Waals surface area contributed by atoms with Gasteiger partial charge in [0.1, 0.15) is 5.75 Å². The SMILES string of the molecule is Cc1ccc(N)cc1NC(=O)COc1ccc(C(C)(C)C)cc1.Cl. The minimum atomic E-state index is -0.210. The van der Waals surface area contributed by atoms with Crippen LogP contribution in [0.1, 0.15) is 31.9 Å². The number of carbonyl (C=O) groups is 1. The number of ether oxygens (including phenoxy) is 1. The maximum absolute atomic E-state index is 12.0. The third-order valence-electron chi connectivity index (χ3n) is 3.63. The number of carbonyl (C=O) groups excluding carboxylic acids is 1. The smallest absolute Gasteiger partial charge is 0.262 e. The van der Waals surface area contributed by atoms with Crippen LogP contribution in [0.15, 0.2) is 42.5 Å². The van der Waals surface area contributed by atoms with Crippen molar-refractivity contribution in [2.24, 2.45) is 0 Å². The van der Waals surface area contributed by atoms with E-state index < -0.39 is 0 Å². The molecule has 0 fully saturated rings. The summed E-state index contributed by atoms with van der Waals surface area (Å²) >= 11 is 0. The maximum Gasteiger partial charge on any atom is 0.262 e. The van der Waals surface area contributed by atoms with Crippen molar-refractivity contribution in [2.45, 2.75) is 33.1 Å². The largest absolute Gasteiger partial charge is 0.484 e. The normalized spacial score (nSPS) is 10.7. The lowest BCUT2D eigenvalue weighted by Gasteiger charge is -2.19. The fraction of sp³-hybridized carbons (Fsp3) is 0.316. The van der Waals surface area contributed by atoms with Crippen molar-refractivity contribution in [1.82, 2.24) is 0 Å². The highest BCUT2D eigenvalue weighted by atomic mass is 35.5. The van der Waals surface area contributed by atoms with Crippen LogP contribution in [-0.2, 0) is 10.2 Å². The summed E-state index contributed by atoms with van der Waals surface area (Å²) in [6.45, 7) is 8.35. The van der Waals surface area contributed by atoms with E-state index in [9.17, 15) is 4.79 Å². The summed E-state index contributed by atoms with van der Waals surface area (Å²) in [6, 6.07) is 13.2. The predicted molar refractivity (Wildman–Crippen MR) is 102 cm³/mol. The van der Waals surface area contributed by atoms with Gasteiger partial charge < -0.3 is 15.8 Å². The van der Waals surface area contributed by atoms with Gasteiger partial charge in [0.2, 0.25) is 0 Å². The Kier molecular flexibility index (Phi) is 6.67. The van der Waals surface area contributed by atoms with E-state index in [1.807, 2.05) is 37.3 Å². The van der Waals surface area contributed by atoms with Gasteiger partial charge in [0.05, 0.1) is 0 Å². The summed E-state index contributed by atoms with van der Waals surface area (Å²) in [4.78, 5) is 12.0. The number of amides is 1. The average molecular weight is 349 g/mol. The third kappa shape index (κ3) is 5.46. The molecule has 0 heterocycles. The van der Waals surface area contributed by atoms with Crippen LogP contribution in [0.3, 0.4) is 0 Å². The van der Waals surface area contributed by atoms with Crippen molar-refractivity contribution in [3.05, 3.63) is 53.6 Å². The molecule has 130 valence electrons. The molecular formula is C19H25ClN2O2. The highest BCUT2D eigenvalue weighted by molar-refractivity contribution is 5.93. The van der Waals surface area contributed by atoms with Crippen LogP contribution in [0.5, 0.6) is 5.75 Å². The first-order chi connectivity index (χ1) is 10.8. The molecule has 0 aliphatic rings. The molecule has 0 aliphatic heterocycles. The molecule has 0 saturated carbocycles. The van der Waals surface area contributed by atoms with E-state index in [1.54, 1.807) is 12.1 Å². The summed E-state index contributed by atoms with van der Waals surface area (Å²) < 4.78 is 5.53. The van der Waals surface area contributed by atoms with Gasteiger partial charge in [0.25, 0.3) is 5.91 Å². The topological polar surface area (TPSA) is 64.3 Å². The number of anilines is 2. The van der Waals surface area contributed by atoms with Crippen molar-refractivity contribution in [2.75, 3.05) is 17.7 Å². The van der Waals surface area contributed by atoms with Crippen LogP contribution in [-0.4, -0.2) is 12.5 Å². The molecule has 3 N–H and O–H groups in total. The molecule has 0 aromatic heterocycles. The zero-order valence-electron chi connectivity index (χ0n) is 14.6. The van der Waals surface area contributed by atoms with Crippen molar-refractivity contribution >= 4 is 29.7 Å². The number of hydrogen-bond acceptors (Lipinski definition) is 3. The first-order valence-electron chi connectivity index (χ1n) is 7.65. The second-order valence-corrected chi connectivity index (χ2v) is 6.69. The van der Waals surface area contributed by atoms with E-state index in [-0.39, 0.29) is 30.3 Å². The molecule has 2 rings (SSSR count). The molecule has 0 saturated heterocycles. The third-order valence-corrected chi connectivity index (χ3v) is 3.63. The van der Waals surface area contributed by atoms with Crippen LogP contribution >= 0.6 is 12.4 Å². The fourth-order valence-electron chi connectivity index (χ4n) is 2.16. The van der Waals surface area contributed by atoms with Gasteiger partial charge in [-0.2, -0.15) is 0 Å². The highest BCUT2D eigenvalue weighted by Gasteiger charge is 2.13. The van der Waals surface area contributed by atoms with Gasteiger partial charge in [-0.1, -0.05) is 39.0 Å². The summed E-state index contributed by atoms with van der Waals surface area (Å²) in [6.07, 6.45) is 0. The molecule has 0 atom stereocenters. The first kappa shape index (κ1) is 19.8. The molecule has 4 nitrogen and oxygen atoms in total. The Labute approximate surface area is 149 Å². The van der Waals surface area contributed by atoms with Crippen LogP contribution in [0.25, 0.3) is 0 Å². The molecule has 0 bridgehead atoms. The van der Waals surface area contributed by atoms with Gasteiger partial charge in [-0.15, -0.1) is 12.4 Å². The van der Waals surface area contributed by atoms with Crippen LogP contribution < -0.4 is 15.8 Å². The number of benzene rings is 2. The van der Waals surface area contributed by atoms with Crippen molar-refractivity contribution in [3.8, 4) is 5.75 Å². The van der Waals surface area contributed by atoms with Crippen molar-refractivity contribution < 1.29 is 9.53 Å². The molecule has 1 amide bonds. The minimum Gasteiger partial charge on any atom is -0.484 e. The highest BCUT2D eigenvalue weighted by Crippen LogP contribution is 2.24. The van der Waals surface area contributed by atoms with Gasteiger partial charge in [-0.05, 0) is 47.7 Å². The quantitative estimate of drug-likeness (QED) is 0.809. The van der Waals surface area contributed by atoms with Gasteiger partial charge in [0, 0.05) is 11.4 Å². The molecule has 0 spiro atoms. The van der Waals surface area contributed by atoms with Crippen LogP contribution in [0.4, 0.5) is 11.4 Å². The molecule has 2 aromatic carbocycles. The number of nitrogen functional groups attached to an aromatic ring is 1. The van der Waals surface area contributed by atoms with E-state index in [0.717, 1.165) is 5.56 Å². The molecule has 5 heteroatoms. The first-order valence-corrected chi connectivity index (χ1v) is 7.65. The second kappa shape index (κ2) is 8.06. The van der Waals surface area contributed by atoms with Crippen LogP contribution in [0, 0.1) is 6.92 Å². The van der Waals surface area contributed by atoms with Crippen molar-refractivity contribution in [3.63, 3.8) is 0 Å². The molecule has 0 unspecified atom stereocenters. The number of nitrogens with two attached hydrogens (primary N) is 1. The molecule has 0 aliphatic carbocycles. The van der Waals surface area contributed by atoms with E-state index in [2.05, 4.69) is 26.1 Å². The second-order valence-electron chi connectivity index (χ2n) is 6.69. The summed E-state index contributed by atoms with van der Waals surface area (Å²) in [5, 5.41) is 2.81. The monoisotopic (exact) mass is 348 g/mol. The zero-order chi connectivity index (χ0) is 17.0. The lowest BCUT2D eigenvalue weighted by Crippen LogP contribution is -2.20. The number of nitrogens with one attached hydrogen (secondary N) is 1. The van der Waals surface area contributed by atoms with E-state index in [4.69, 9.17) is 10.5 Å². The summed E-state index contributed by atoms with van der Waals surface area (Å²) in [7, 11) is 0. The van der Waals surface area contributed by atoms with Gasteiger partial charge in [0.15, 0.2) is 6.61 Å². The van der Waals surface area contributed by atoms with Gasteiger partial charge in [-0.25, -0.2) is 0 Å². The molecule has 0 radical (unpaired) electrons. The zero-order valence-corrected chi connectivity index (χ0v) is 15.4. The Bertz CT molecular complexity index is 692. The Morgan fingerprint density at radius 1 is 1.12 bits per heavy atom. The standard InChI is InChI=1S/C19H24N2O2.ClH/c1-13-5-8-15(20)11-17(13)21-18(22)12-23-16-9-6-14(7-10-16)19(2,3)4;/h5-11H,12,20H2,1-4H3,(H,21,22);1H. The molecule has 2 aromatic rings. The summed E-state index contributed by atoms with van der Waals surface area (Å²) in [5.74, 6) is 0.469. The van der Waals surface area contributed by atoms with Crippen molar-refractivity contribution in [1.29, 1.82) is 0 Å². The lowest BCUT2D eigenvalue weighted by molar-refractivity contribution is -0.118. The number of rotatable bonds is 4. The van der Waals surface area contributed by atoms with E-state index in [1.165, 1.54) is 5.56 Å². The Hall–Kier alpha value is -2.20. The Balaban J connectivity index is 0.00000288. The minimum absolute atomic E-state index is 0. The maximum atomic E-state index is 12.0. The lowest BCUT2D eigenvalue weighted by atomic mass is 9.87. The van der Waals surface area contributed by atoms with E-state index >= 15 is 0 Å². The Morgan fingerprint density at radius 3 is 2.33 bits per heavy atom. The number of hydrogen-bond donors (Lipinski definition) is 2.